The van der Waals surface area contributed by atoms with Crippen LogP contribution in [0.3, 0.4) is 0 Å². The molecule has 0 aliphatic heterocycles. The fraction of sp³-hybridized carbons (Fsp3) is 0.167. The van der Waals surface area contributed by atoms with Crippen LogP contribution in [0.25, 0.3) is 0 Å². The fourth-order valence-corrected chi connectivity index (χ4v) is 4.46. The Labute approximate surface area is 245 Å². The van der Waals surface area contributed by atoms with E-state index in [-0.39, 0.29) is 11.8 Å². The largest absolute Gasteiger partial charge is 0.435 e. The van der Waals surface area contributed by atoms with Gasteiger partial charge >= 0.3 is 24.2 Å². The molecule has 0 spiro atoms. The van der Waals surface area contributed by atoms with E-state index < -0.39 is 90.2 Å². The van der Waals surface area contributed by atoms with E-state index in [2.05, 4.69) is 5.32 Å². The van der Waals surface area contributed by atoms with Crippen molar-refractivity contribution in [3.05, 3.63) is 91.0 Å². The van der Waals surface area contributed by atoms with E-state index in [0.717, 1.165) is 46.9 Å². The molecule has 2 N–H and O–H groups in total. The monoisotopic (exact) mass is 748 g/mol. The smallest absolute Gasteiger partial charge is 0.322 e. The highest BCUT2D eigenvalue weighted by Crippen LogP contribution is 2.54. The predicted octanol–water partition coefficient (Wildman–Crippen LogP) is 9.04. The maximum absolute atomic E-state index is 14.5. The zero-order valence-corrected chi connectivity index (χ0v) is 22.6. The van der Waals surface area contributed by atoms with Gasteiger partial charge in [-0.3, -0.25) is 9.59 Å². The van der Waals surface area contributed by atoms with Crippen molar-refractivity contribution in [2.45, 2.75) is 24.2 Å². The molecule has 3 rings (SSSR count). The van der Waals surface area contributed by atoms with Crippen LogP contribution in [0.4, 0.5) is 64.1 Å². The molecule has 226 valence electrons. The summed E-state index contributed by atoms with van der Waals surface area (Å²) < 4.78 is 160. The van der Waals surface area contributed by atoms with Crippen LogP contribution in [-0.4, -0.2) is 24.2 Å². The van der Waals surface area contributed by atoms with Crippen LogP contribution in [0.1, 0.15) is 31.8 Å². The number of alkyl halides is 10. The number of nitrogens with one attached hydrogen (secondary N) is 2. The molecule has 0 unspecified atom stereocenters. The zero-order valence-electron chi connectivity index (χ0n) is 19.7. The Morgan fingerprint density at radius 1 is 0.738 bits per heavy atom. The third-order valence-electron chi connectivity index (χ3n) is 5.45. The van der Waals surface area contributed by atoms with E-state index in [0.29, 0.717) is 12.1 Å². The van der Waals surface area contributed by atoms with Gasteiger partial charge in [-0.05, 0) is 65.1 Å². The molecule has 0 heterocycles. The normalized spacial score (nSPS) is 12.7. The standard InChI is InChI=1S/C24H10ClF12IN2O2/c25-14-8-16(27)15(26)7-12(14)20(42)39-11-3-1-2-9(4-11)19(41)40-18-13(22(29,30)31)5-10(6-17(18)38)21(28,23(32,33)34)24(35,36)37/h1-8H,(H,39,42)(H,40,41). The number of rotatable bonds is 5. The lowest BCUT2D eigenvalue weighted by Gasteiger charge is -2.31. The molecular formula is C24H10ClF12IN2O2. The molecule has 2 amide bonds. The van der Waals surface area contributed by atoms with Gasteiger partial charge in [-0.15, -0.1) is 0 Å². The zero-order chi connectivity index (χ0) is 32.0. The van der Waals surface area contributed by atoms with Crippen molar-refractivity contribution in [1.29, 1.82) is 0 Å². The van der Waals surface area contributed by atoms with Crippen molar-refractivity contribution in [3.8, 4) is 0 Å². The molecular weight excluding hydrogens is 739 g/mol. The summed E-state index contributed by atoms with van der Waals surface area (Å²) in [6, 6.07) is 4.29. The Hall–Kier alpha value is -3.22. The lowest BCUT2D eigenvalue weighted by Crippen LogP contribution is -2.50. The van der Waals surface area contributed by atoms with Crippen LogP contribution in [0.5, 0.6) is 0 Å². The molecule has 42 heavy (non-hydrogen) atoms. The molecule has 0 radical (unpaired) electrons. The Bertz CT molecular complexity index is 1540. The summed E-state index contributed by atoms with van der Waals surface area (Å²) in [4.78, 5) is 25.2. The second-order valence-corrected chi connectivity index (χ2v) is 9.84. The average Bonchev–Trinajstić information content (AvgIpc) is 2.84. The van der Waals surface area contributed by atoms with Crippen LogP contribution in [0.15, 0.2) is 48.5 Å². The number of carbonyl (C=O) groups excluding carboxylic acids is 2. The maximum Gasteiger partial charge on any atom is 0.435 e. The summed E-state index contributed by atoms with van der Waals surface area (Å²) >= 11 is 6.61. The van der Waals surface area contributed by atoms with Crippen LogP contribution >= 0.6 is 34.2 Å². The van der Waals surface area contributed by atoms with Crippen molar-refractivity contribution in [1.82, 2.24) is 0 Å². The average molecular weight is 749 g/mol. The minimum Gasteiger partial charge on any atom is -0.322 e. The van der Waals surface area contributed by atoms with Gasteiger partial charge in [0.05, 0.1) is 21.8 Å². The summed E-state index contributed by atoms with van der Waals surface area (Å²) in [6.45, 7) is 0. The Morgan fingerprint density at radius 3 is 1.86 bits per heavy atom. The number of anilines is 2. The van der Waals surface area contributed by atoms with Crippen LogP contribution < -0.4 is 10.6 Å². The van der Waals surface area contributed by atoms with Gasteiger partial charge in [-0.2, -0.15) is 39.5 Å². The number of halogens is 14. The van der Waals surface area contributed by atoms with Crippen LogP contribution in [0, 0.1) is 15.2 Å². The first-order valence-electron chi connectivity index (χ1n) is 10.7. The van der Waals surface area contributed by atoms with Crippen molar-refractivity contribution in [2.24, 2.45) is 0 Å². The topological polar surface area (TPSA) is 58.2 Å². The van der Waals surface area contributed by atoms with Crippen molar-refractivity contribution >= 4 is 57.4 Å². The summed E-state index contributed by atoms with van der Waals surface area (Å²) in [6.07, 6.45) is -19.1. The van der Waals surface area contributed by atoms with Crippen LogP contribution in [0.2, 0.25) is 5.02 Å². The van der Waals surface area contributed by atoms with Crippen molar-refractivity contribution in [2.75, 3.05) is 10.6 Å². The van der Waals surface area contributed by atoms with Gasteiger partial charge in [0.15, 0.2) is 11.6 Å². The van der Waals surface area contributed by atoms with Gasteiger partial charge in [0.2, 0.25) is 0 Å². The third-order valence-corrected chi connectivity index (χ3v) is 6.61. The van der Waals surface area contributed by atoms with Gasteiger partial charge < -0.3 is 10.6 Å². The highest BCUT2D eigenvalue weighted by Gasteiger charge is 2.73. The van der Waals surface area contributed by atoms with Gasteiger partial charge in [0.25, 0.3) is 11.8 Å². The minimum atomic E-state index is -6.70. The van der Waals surface area contributed by atoms with Gasteiger partial charge in [0.1, 0.15) is 0 Å². The van der Waals surface area contributed by atoms with E-state index in [1.165, 1.54) is 0 Å². The molecule has 0 saturated carbocycles. The molecule has 3 aromatic rings. The summed E-state index contributed by atoms with van der Waals surface area (Å²) in [5.41, 5.74) is -13.3. The number of benzene rings is 3. The second-order valence-electron chi connectivity index (χ2n) is 8.27. The molecule has 18 heteroatoms. The second kappa shape index (κ2) is 11.5. The molecule has 0 fully saturated rings. The molecule has 0 aromatic heterocycles. The Balaban J connectivity index is 1.99. The van der Waals surface area contributed by atoms with Crippen LogP contribution in [-0.2, 0) is 11.8 Å². The first-order valence-corrected chi connectivity index (χ1v) is 12.1. The SMILES string of the molecule is O=C(Nc1c(I)cc(C(F)(C(F)(F)F)C(F)(F)F)cc1C(F)(F)F)c1cccc(NC(=O)c2cc(F)c(F)cc2Cl)c1. The summed E-state index contributed by atoms with van der Waals surface area (Å²) in [7, 11) is 0. The first kappa shape index (κ1) is 33.3. The summed E-state index contributed by atoms with van der Waals surface area (Å²) in [5.74, 6) is -5.25. The number of hydrogen-bond donors (Lipinski definition) is 2. The lowest BCUT2D eigenvalue weighted by atomic mass is 9.92. The molecule has 0 saturated heterocycles. The number of carbonyl (C=O) groups is 2. The van der Waals surface area contributed by atoms with E-state index in [9.17, 15) is 62.3 Å². The van der Waals surface area contributed by atoms with E-state index in [1.807, 2.05) is 0 Å². The lowest BCUT2D eigenvalue weighted by molar-refractivity contribution is -0.348. The van der Waals surface area contributed by atoms with Crippen molar-refractivity contribution < 1.29 is 62.3 Å². The molecule has 0 aliphatic rings. The number of hydrogen-bond acceptors (Lipinski definition) is 2. The van der Waals surface area contributed by atoms with Gasteiger partial charge in [0, 0.05) is 20.4 Å². The van der Waals surface area contributed by atoms with E-state index in [4.69, 9.17) is 11.6 Å². The molecule has 0 aliphatic carbocycles. The third kappa shape index (κ3) is 6.55. The van der Waals surface area contributed by atoms with E-state index in [1.54, 1.807) is 5.32 Å². The molecule has 0 bridgehead atoms. The molecule has 4 nitrogen and oxygen atoms in total. The highest BCUT2D eigenvalue weighted by molar-refractivity contribution is 14.1. The minimum absolute atomic E-state index is 0.144. The molecule has 0 atom stereocenters. The van der Waals surface area contributed by atoms with Gasteiger partial charge in [-0.1, -0.05) is 17.7 Å². The first-order chi connectivity index (χ1) is 19.1. The molecule has 3 aromatic carbocycles. The summed E-state index contributed by atoms with van der Waals surface area (Å²) in [5, 5.41) is 3.40. The Morgan fingerprint density at radius 2 is 1.31 bits per heavy atom. The quantitative estimate of drug-likeness (QED) is 0.156. The predicted molar refractivity (Wildman–Crippen MR) is 133 cm³/mol. The Kier molecular flexibility index (Phi) is 9.08. The maximum atomic E-state index is 14.5. The van der Waals surface area contributed by atoms with E-state index >= 15 is 0 Å². The highest BCUT2D eigenvalue weighted by atomic mass is 127. The van der Waals surface area contributed by atoms with Gasteiger partial charge in [-0.25, -0.2) is 13.2 Å². The fourth-order valence-electron chi connectivity index (χ4n) is 3.46. The van der Waals surface area contributed by atoms with Crippen molar-refractivity contribution in [3.63, 3.8) is 0 Å². The number of amides is 2.